The minimum absolute atomic E-state index is 0.0145. The number of hydrogen-bond donors (Lipinski definition) is 0. The number of hydrogen-bond acceptors (Lipinski definition) is 7. The van der Waals surface area contributed by atoms with Crippen molar-refractivity contribution in [3.8, 4) is 22.9 Å². The SMILES string of the molecule is COc1cc(Cl)cc(C=Nn2c(-c3ccccc3)nc3ccccc3c2=O)c1OCc1ccc([N+](=O)[O-])cc1. The molecule has 0 radical (unpaired) electrons. The molecule has 0 saturated heterocycles. The fraction of sp³-hybridized carbons (Fsp3) is 0.0690. The van der Waals surface area contributed by atoms with E-state index in [1.165, 1.54) is 30.1 Å². The molecule has 1 heterocycles. The van der Waals surface area contributed by atoms with Crippen LogP contribution in [0.3, 0.4) is 0 Å². The Hall–Kier alpha value is -5.02. The van der Waals surface area contributed by atoms with E-state index in [1.807, 2.05) is 36.4 Å². The number of rotatable bonds is 8. The number of aromatic nitrogens is 2. The molecule has 0 amide bonds. The Labute approximate surface area is 227 Å². The van der Waals surface area contributed by atoms with Crippen LogP contribution in [-0.2, 0) is 6.61 Å². The molecule has 0 aliphatic carbocycles. The highest BCUT2D eigenvalue weighted by Crippen LogP contribution is 2.34. The molecule has 39 heavy (non-hydrogen) atoms. The molecule has 0 fully saturated rings. The van der Waals surface area contributed by atoms with E-state index < -0.39 is 4.92 Å². The van der Waals surface area contributed by atoms with Gasteiger partial charge in [0.2, 0.25) is 0 Å². The number of non-ortho nitro benzene ring substituents is 1. The second-order valence-electron chi connectivity index (χ2n) is 8.42. The maximum absolute atomic E-state index is 13.5. The van der Waals surface area contributed by atoms with Crippen molar-refractivity contribution in [2.45, 2.75) is 6.61 Å². The second kappa shape index (κ2) is 11.2. The minimum atomic E-state index is -0.464. The Morgan fingerprint density at radius 1 is 1.03 bits per heavy atom. The maximum Gasteiger partial charge on any atom is 0.282 e. The first kappa shape index (κ1) is 25.6. The van der Waals surface area contributed by atoms with Crippen molar-refractivity contribution >= 4 is 34.4 Å². The third kappa shape index (κ3) is 5.48. The van der Waals surface area contributed by atoms with E-state index in [0.717, 1.165) is 5.56 Å². The fourth-order valence-electron chi connectivity index (χ4n) is 3.99. The van der Waals surface area contributed by atoms with Crippen molar-refractivity contribution in [3.63, 3.8) is 0 Å². The molecule has 0 atom stereocenters. The third-order valence-electron chi connectivity index (χ3n) is 5.90. The Morgan fingerprint density at radius 3 is 2.46 bits per heavy atom. The predicted molar refractivity (Wildman–Crippen MR) is 150 cm³/mol. The van der Waals surface area contributed by atoms with Gasteiger partial charge in [-0.2, -0.15) is 9.78 Å². The number of ether oxygens (including phenoxy) is 2. The maximum atomic E-state index is 13.5. The molecule has 194 valence electrons. The summed E-state index contributed by atoms with van der Waals surface area (Å²) in [4.78, 5) is 28.7. The van der Waals surface area contributed by atoms with Crippen LogP contribution >= 0.6 is 11.6 Å². The molecule has 5 rings (SSSR count). The van der Waals surface area contributed by atoms with Gasteiger partial charge in [0.05, 0.1) is 29.2 Å². The molecular weight excluding hydrogens is 520 g/mol. The normalized spacial score (nSPS) is 11.1. The quantitative estimate of drug-likeness (QED) is 0.134. The van der Waals surface area contributed by atoms with Crippen LogP contribution in [0.5, 0.6) is 11.5 Å². The van der Waals surface area contributed by atoms with Crippen LogP contribution in [0.15, 0.2) is 101 Å². The molecule has 4 aromatic carbocycles. The van der Waals surface area contributed by atoms with Gasteiger partial charge in [-0.15, -0.1) is 0 Å². The van der Waals surface area contributed by atoms with Crippen LogP contribution in [-0.4, -0.2) is 27.9 Å². The van der Waals surface area contributed by atoms with E-state index in [4.69, 9.17) is 26.1 Å². The lowest BCUT2D eigenvalue weighted by molar-refractivity contribution is -0.384. The Bertz CT molecular complexity index is 1750. The van der Waals surface area contributed by atoms with Crippen LogP contribution in [0, 0.1) is 10.1 Å². The van der Waals surface area contributed by atoms with Gasteiger partial charge < -0.3 is 9.47 Å². The number of nitro benzene ring substituents is 1. The summed E-state index contributed by atoms with van der Waals surface area (Å²) >= 11 is 6.34. The summed E-state index contributed by atoms with van der Waals surface area (Å²) in [7, 11) is 1.48. The van der Waals surface area contributed by atoms with E-state index in [-0.39, 0.29) is 17.9 Å². The number of methoxy groups -OCH3 is 1. The van der Waals surface area contributed by atoms with Gasteiger partial charge in [-0.25, -0.2) is 4.98 Å². The van der Waals surface area contributed by atoms with Crippen LogP contribution in [0.1, 0.15) is 11.1 Å². The summed E-state index contributed by atoms with van der Waals surface area (Å²) in [5.74, 6) is 1.07. The van der Waals surface area contributed by atoms with Gasteiger partial charge in [0.15, 0.2) is 17.3 Å². The first-order valence-corrected chi connectivity index (χ1v) is 12.2. The van der Waals surface area contributed by atoms with E-state index in [1.54, 1.807) is 42.5 Å². The summed E-state index contributed by atoms with van der Waals surface area (Å²) in [6, 6.07) is 25.7. The number of nitrogens with zero attached hydrogens (tertiary/aromatic N) is 4. The molecule has 9 nitrogen and oxygen atoms in total. The lowest BCUT2D eigenvalue weighted by atomic mass is 10.2. The van der Waals surface area contributed by atoms with Crippen LogP contribution in [0.2, 0.25) is 5.02 Å². The lowest BCUT2D eigenvalue weighted by Crippen LogP contribution is -2.20. The Morgan fingerprint density at radius 2 is 1.74 bits per heavy atom. The molecule has 0 bridgehead atoms. The molecule has 0 N–H and O–H groups in total. The summed E-state index contributed by atoms with van der Waals surface area (Å²) in [6.07, 6.45) is 1.46. The first-order valence-electron chi connectivity index (χ1n) is 11.8. The molecule has 5 aromatic rings. The minimum Gasteiger partial charge on any atom is -0.493 e. The standard InChI is InChI=1S/C29H21ClN4O5/c1-38-26-16-22(30)15-21(27(26)39-18-19-11-13-23(14-12-19)34(36)37)17-31-33-28(20-7-3-2-4-8-20)32-25-10-6-5-9-24(25)29(33)35/h2-17H,18H2,1H3. The molecular formula is C29H21ClN4O5. The molecule has 0 saturated carbocycles. The fourth-order valence-corrected chi connectivity index (χ4v) is 4.20. The monoisotopic (exact) mass is 540 g/mol. The van der Waals surface area contributed by atoms with E-state index >= 15 is 0 Å². The number of nitro groups is 1. The highest BCUT2D eigenvalue weighted by atomic mass is 35.5. The number of para-hydroxylation sites is 1. The smallest absolute Gasteiger partial charge is 0.282 e. The first-order chi connectivity index (χ1) is 18.9. The molecule has 1 aromatic heterocycles. The summed E-state index contributed by atoms with van der Waals surface area (Å²) in [6.45, 7) is 0.101. The Kier molecular flexibility index (Phi) is 7.33. The number of benzene rings is 4. The molecule has 0 aliphatic rings. The van der Waals surface area contributed by atoms with Gasteiger partial charge in [-0.05, 0) is 35.9 Å². The predicted octanol–water partition coefficient (Wildman–Crippen LogP) is 6.09. The largest absolute Gasteiger partial charge is 0.493 e. The van der Waals surface area contributed by atoms with E-state index in [0.29, 0.717) is 44.4 Å². The molecule has 0 spiro atoms. The Balaban J connectivity index is 1.57. The third-order valence-corrected chi connectivity index (χ3v) is 6.11. The average Bonchev–Trinajstić information content (AvgIpc) is 2.96. The topological polar surface area (TPSA) is 109 Å². The van der Waals surface area contributed by atoms with Crippen molar-refractivity contribution in [2.75, 3.05) is 7.11 Å². The average molecular weight is 541 g/mol. The summed E-state index contributed by atoms with van der Waals surface area (Å²) in [5.41, 5.74) is 2.10. The van der Waals surface area contributed by atoms with Crippen molar-refractivity contribution in [3.05, 3.63) is 128 Å². The van der Waals surface area contributed by atoms with E-state index in [2.05, 4.69) is 5.10 Å². The highest BCUT2D eigenvalue weighted by molar-refractivity contribution is 6.31. The van der Waals surface area contributed by atoms with Crippen molar-refractivity contribution in [1.29, 1.82) is 0 Å². The van der Waals surface area contributed by atoms with Crippen LogP contribution in [0.4, 0.5) is 5.69 Å². The van der Waals surface area contributed by atoms with Gasteiger partial charge in [-0.1, -0.05) is 54.1 Å². The zero-order valence-corrected chi connectivity index (χ0v) is 21.4. The van der Waals surface area contributed by atoms with E-state index in [9.17, 15) is 14.9 Å². The van der Waals surface area contributed by atoms with Crippen LogP contribution in [0.25, 0.3) is 22.3 Å². The van der Waals surface area contributed by atoms with Gasteiger partial charge >= 0.3 is 0 Å². The zero-order valence-electron chi connectivity index (χ0n) is 20.7. The van der Waals surface area contributed by atoms with Crippen molar-refractivity contribution in [2.24, 2.45) is 5.10 Å². The molecule has 0 unspecified atom stereocenters. The summed E-state index contributed by atoms with van der Waals surface area (Å²) < 4.78 is 12.8. The number of fused-ring (bicyclic) bond motifs is 1. The van der Waals surface area contributed by atoms with Gasteiger partial charge in [0, 0.05) is 34.3 Å². The van der Waals surface area contributed by atoms with Gasteiger partial charge in [0.1, 0.15) is 6.61 Å². The van der Waals surface area contributed by atoms with Crippen molar-refractivity contribution < 1.29 is 14.4 Å². The van der Waals surface area contributed by atoms with Gasteiger partial charge in [-0.3, -0.25) is 14.9 Å². The molecule has 0 aliphatic heterocycles. The molecule has 10 heteroatoms. The summed E-state index contributed by atoms with van der Waals surface area (Å²) in [5, 5.41) is 16.3. The van der Waals surface area contributed by atoms with Gasteiger partial charge in [0.25, 0.3) is 11.2 Å². The van der Waals surface area contributed by atoms with Crippen LogP contribution < -0.4 is 15.0 Å². The number of halogens is 1. The highest BCUT2D eigenvalue weighted by Gasteiger charge is 2.15. The second-order valence-corrected chi connectivity index (χ2v) is 8.86. The van der Waals surface area contributed by atoms with Crippen molar-refractivity contribution in [1.82, 2.24) is 9.66 Å². The zero-order chi connectivity index (χ0) is 27.4. The lowest BCUT2D eigenvalue weighted by Gasteiger charge is -2.14.